The van der Waals surface area contributed by atoms with Crippen LogP contribution >= 0.6 is 24.8 Å². The van der Waals surface area contributed by atoms with Crippen LogP contribution in [-0.4, -0.2) is 53.1 Å². The van der Waals surface area contributed by atoms with Gasteiger partial charge in [0, 0.05) is 31.4 Å². The number of carbonyl (C=O) groups is 1. The van der Waals surface area contributed by atoms with E-state index >= 15 is 0 Å². The van der Waals surface area contributed by atoms with Crippen molar-refractivity contribution in [3.63, 3.8) is 0 Å². The number of aromatic nitrogens is 2. The highest BCUT2D eigenvalue weighted by Gasteiger charge is 2.29. The van der Waals surface area contributed by atoms with Gasteiger partial charge in [-0.15, -0.1) is 24.8 Å². The number of hydrogen-bond acceptors (Lipinski definition) is 5. The molecule has 31 heavy (non-hydrogen) atoms. The van der Waals surface area contributed by atoms with Crippen LogP contribution in [0.2, 0.25) is 0 Å². The van der Waals surface area contributed by atoms with Gasteiger partial charge in [-0.25, -0.2) is 9.37 Å². The van der Waals surface area contributed by atoms with E-state index in [4.69, 9.17) is 4.74 Å². The molecule has 3 heterocycles. The van der Waals surface area contributed by atoms with Crippen molar-refractivity contribution in [3.8, 4) is 17.0 Å². The van der Waals surface area contributed by atoms with E-state index in [1.807, 2.05) is 6.07 Å². The minimum atomic E-state index is -0.366. The van der Waals surface area contributed by atoms with Gasteiger partial charge in [-0.1, -0.05) is 18.2 Å². The molecule has 0 spiro atoms. The predicted octanol–water partition coefficient (Wildman–Crippen LogP) is 3.62. The van der Waals surface area contributed by atoms with Crippen molar-refractivity contribution in [2.45, 2.75) is 6.04 Å². The zero-order chi connectivity index (χ0) is 20.1. The van der Waals surface area contributed by atoms with Crippen LogP contribution in [0.15, 0.2) is 67.0 Å². The fraction of sp³-hybridized carbons (Fsp3) is 0.227. The van der Waals surface area contributed by atoms with Gasteiger partial charge in [-0.05, 0) is 36.4 Å². The summed E-state index contributed by atoms with van der Waals surface area (Å²) in [5, 5.41) is 3.29. The maximum absolute atomic E-state index is 14.1. The van der Waals surface area contributed by atoms with Gasteiger partial charge in [0.1, 0.15) is 23.9 Å². The Morgan fingerprint density at radius 3 is 2.74 bits per heavy atom. The maximum atomic E-state index is 14.1. The summed E-state index contributed by atoms with van der Waals surface area (Å²) in [5.74, 6) is 0.101. The highest BCUT2D eigenvalue weighted by atomic mass is 35.5. The SMILES string of the molecule is Cl.Cl.O=C(c1cccc(-c2ccccc2F)n1)N1CCNCC1COc1cccnc1. The van der Waals surface area contributed by atoms with Gasteiger partial charge in [0.15, 0.2) is 0 Å². The van der Waals surface area contributed by atoms with E-state index < -0.39 is 0 Å². The second-order valence-corrected chi connectivity index (χ2v) is 6.74. The van der Waals surface area contributed by atoms with E-state index in [0.717, 1.165) is 0 Å². The van der Waals surface area contributed by atoms with Crippen molar-refractivity contribution < 1.29 is 13.9 Å². The Hall–Kier alpha value is -2.74. The van der Waals surface area contributed by atoms with Gasteiger partial charge < -0.3 is 15.0 Å². The molecule has 2 aromatic heterocycles. The lowest BCUT2D eigenvalue weighted by molar-refractivity contribution is 0.0553. The van der Waals surface area contributed by atoms with Gasteiger partial charge >= 0.3 is 0 Å². The first-order chi connectivity index (χ1) is 14.2. The minimum absolute atomic E-state index is 0. The van der Waals surface area contributed by atoms with Crippen molar-refractivity contribution in [3.05, 3.63) is 78.5 Å². The first-order valence-corrected chi connectivity index (χ1v) is 9.49. The second kappa shape index (κ2) is 11.6. The molecule has 0 bridgehead atoms. The molecule has 1 N–H and O–H groups in total. The average molecular weight is 465 g/mol. The van der Waals surface area contributed by atoms with Crippen LogP contribution in [0.3, 0.4) is 0 Å². The summed E-state index contributed by atoms with van der Waals surface area (Å²) in [7, 11) is 0. The van der Waals surface area contributed by atoms with Gasteiger partial charge in [0.2, 0.25) is 0 Å². The Balaban J connectivity index is 0.00000171. The van der Waals surface area contributed by atoms with E-state index in [9.17, 15) is 9.18 Å². The van der Waals surface area contributed by atoms with Crippen LogP contribution in [0, 0.1) is 5.82 Å². The van der Waals surface area contributed by atoms with Gasteiger partial charge in [-0.3, -0.25) is 9.78 Å². The van der Waals surface area contributed by atoms with Crippen LogP contribution < -0.4 is 10.1 Å². The molecule has 1 saturated heterocycles. The van der Waals surface area contributed by atoms with Crippen LogP contribution in [0.4, 0.5) is 4.39 Å². The van der Waals surface area contributed by atoms with E-state index in [0.29, 0.717) is 48.9 Å². The highest BCUT2D eigenvalue weighted by molar-refractivity contribution is 5.93. The Labute approximate surface area is 192 Å². The molecular weight excluding hydrogens is 442 g/mol. The lowest BCUT2D eigenvalue weighted by Gasteiger charge is -2.35. The Bertz CT molecular complexity index is 994. The number of pyridine rings is 2. The number of hydrogen-bond donors (Lipinski definition) is 1. The van der Waals surface area contributed by atoms with Crippen LogP contribution in [0.5, 0.6) is 5.75 Å². The summed E-state index contributed by atoms with van der Waals surface area (Å²) in [6.07, 6.45) is 3.32. The highest BCUT2D eigenvalue weighted by Crippen LogP contribution is 2.21. The second-order valence-electron chi connectivity index (χ2n) is 6.74. The third kappa shape index (κ3) is 5.91. The van der Waals surface area contributed by atoms with Crippen LogP contribution in [0.1, 0.15) is 10.5 Å². The van der Waals surface area contributed by atoms with Gasteiger partial charge in [0.25, 0.3) is 5.91 Å². The molecular formula is C22H23Cl2FN4O2. The summed E-state index contributed by atoms with van der Waals surface area (Å²) in [6.45, 7) is 2.21. The third-order valence-electron chi connectivity index (χ3n) is 4.81. The van der Waals surface area contributed by atoms with Crippen molar-refractivity contribution in [2.75, 3.05) is 26.2 Å². The third-order valence-corrected chi connectivity index (χ3v) is 4.81. The van der Waals surface area contributed by atoms with Crippen LogP contribution in [-0.2, 0) is 0 Å². The molecule has 1 aliphatic rings. The minimum Gasteiger partial charge on any atom is -0.490 e. The maximum Gasteiger partial charge on any atom is 0.272 e. The standard InChI is InChI=1S/C22H21FN4O2.2ClH/c23-19-7-2-1-6-18(19)20-8-3-9-21(26-20)22(28)27-12-11-25-13-16(27)15-29-17-5-4-10-24-14-17;;/h1-10,14,16,25H,11-13,15H2;2*1H. The van der Waals surface area contributed by atoms with Crippen molar-refractivity contribution in [2.24, 2.45) is 0 Å². The number of nitrogens with one attached hydrogen (secondary N) is 1. The molecule has 1 fully saturated rings. The molecule has 1 amide bonds. The monoisotopic (exact) mass is 464 g/mol. The van der Waals surface area contributed by atoms with Crippen molar-refractivity contribution >= 4 is 30.7 Å². The fourth-order valence-corrected chi connectivity index (χ4v) is 3.32. The van der Waals surface area contributed by atoms with Crippen molar-refractivity contribution in [1.82, 2.24) is 20.2 Å². The predicted molar refractivity (Wildman–Crippen MR) is 122 cm³/mol. The van der Waals surface area contributed by atoms with Gasteiger partial charge in [0.05, 0.1) is 17.9 Å². The Kier molecular flexibility index (Phi) is 9.18. The molecule has 6 nitrogen and oxygen atoms in total. The molecule has 3 aromatic rings. The zero-order valence-corrected chi connectivity index (χ0v) is 18.2. The molecule has 1 atom stereocenters. The molecule has 1 aromatic carbocycles. The Morgan fingerprint density at radius 2 is 1.97 bits per heavy atom. The quantitative estimate of drug-likeness (QED) is 0.624. The number of rotatable bonds is 5. The lowest BCUT2D eigenvalue weighted by atomic mass is 10.1. The average Bonchev–Trinajstić information content (AvgIpc) is 2.78. The summed E-state index contributed by atoms with van der Waals surface area (Å²) in [5.41, 5.74) is 1.10. The van der Waals surface area contributed by atoms with Crippen molar-refractivity contribution in [1.29, 1.82) is 0 Å². The number of ether oxygens (including phenoxy) is 1. The number of piperazine rings is 1. The molecule has 164 valence electrons. The summed E-state index contributed by atoms with van der Waals surface area (Å²) < 4.78 is 19.9. The molecule has 0 radical (unpaired) electrons. The number of amides is 1. The van der Waals surface area contributed by atoms with Crippen LogP contribution in [0.25, 0.3) is 11.3 Å². The topological polar surface area (TPSA) is 67.4 Å². The Morgan fingerprint density at radius 1 is 1.13 bits per heavy atom. The van der Waals surface area contributed by atoms with E-state index in [1.165, 1.54) is 6.07 Å². The molecule has 0 saturated carbocycles. The number of halogens is 3. The lowest BCUT2D eigenvalue weighted by Crippen LogP contribution is -2.56. The molecule has 1 aliphatic heterocycles. The number of carbonyl (C=O) groups excluding carboxylic acids is 1. The van der Waals surface area contributed by atoms with E-state index in [-0.39, 0.29) is 42.6 Å². The first-order valence-electron chi connectivity index (χ1n) is 9.49. The summed E-state index contributed by atoms with van der Waals surface area (Å²) >= 11 is 0. The largest absolute Gasteiger partial charge is 0.490 e. The molecule has 4 rings (SSSR count). The normalized spacial score (nSPS) is 15.4. The zero-order valence-electron chi connectivity index (χ0n) is 16.6. The molecule has 9 heteroatoms. The van der Waals surface area contributed by atoms with E-state index in [2.05, 4.69) is 15.3 Å². The molecule has 0 aliphatic carbocycles. The fourth-order valence-electron chi connectivity index (χ4n) is 3.32. The molecule has 1 unspecified atom stereocenters. The smallest absolute Gasteiger partial charge is 0.272 e. The van der Waals surface area contributed by atoms with Gasteiger partial charge in [-0.2, -0.15) is 0 Å². The summed E-state index contributed by atoms with van der Waals surface area (Å²) in [6, 6.07) is 15.0. The van der Waals surface area contributed by atoms with E-state index in [1.54, 1.807) is 59.8 Å². The number of nitrogens with zero attached hydrogens (tertiary/aromatic N) is 3. The first kappa shape index (κ1) is 24.5. The summed E-state index contributed by atoms with van der Waals surface area (Å²) in [4.78, 5) is 23.4. The number of benzene rings is 1.